The number of imidazole rings is 1. The van der Waals surface area contributed by atoms with Gasteiger partial charge in [-0.2, -0.15) is 4.98 Å². The lowest BCUT2D eigenvalue weighted by molar-refractivity contribution is -0.179. The fraction of sp³-hybridized carbons (Fsp3) is 0.357. The molecule has 1 aliphatic heterocycles. The van der Waals surface area contributed by atoms with E-state index >= 15 is 0 Å². The summed E-state index contributed by atoms with van der Waals surface area (Å²) >= 11 is 0. The number of nitrogen functional groups attached to an aromatic ring is 1. The first-order valence-electron chi connectivity index (χ1n) is 12.6. The Bertz CT molecular complexity index is 1550. The number of esters is 1. The number of aromatic nitrogens is 4. The van der Waals surface area contributed by atoms with Crippen molar-refractivity contribution in [1.82, 2.24) is 19.5 Å². The van der Waals surface area contributed by atoms with Crippen molar-refractivity contribution in [3.8, 4) is 0 Å². The number of hydrogen-bond donors (Lipinski definition) is 2. The molecule has 1 saturated heterocycles. The summed E-state index contributed by atoms with van der Waals surface area (Å²) in [6, 6.07) is 18.8. The van der Waals surface area contributed by atoms with Gasteiger partial charge >= 0.3 is 5.97 Å². The molecule has 10 nitrogen and oxygen atoms in total. The van der Waals surface area contributed by atoms with Gasteiger partial charge in [-0.3, -0.25) is 14.3 Å². The van der Waals surface area contributed by atoms with Crippen LogP contribution in [0.1, 0.15) is 48.8 Å². The van der Waals surface area contributed by atoms with Crippen molar-refractivity contribution < 1.29 is 19.0 Å². The number of anilines is 1. The predicted molar refractivity (Wildman–Crippen MR) is 139 cm³/mol. The molecule has 0 amide bonds. The summed E-state index contributed by atoms with van der Waals surface area (Å²) in [6.45, 7) is 4.46. The second-order valence-electron chi connectivity index (χ2n) is 10.2. The van der Waals surface area contributed by atoms with Crippen LogP contribution < -0.4 is 11.3 Å². The van der Waals surface area contributed by atoms with Crippen LogP contribution in [-0.4, -0.2) is 43.3 Å². The van der Waals surface area contributed by atoms with Crippen molar-refractivity contribution in [2.75, 3.05) is 12.3 Å². The quantitative estimate of drug-likeness (QED) is 0.340. The monoisotopic (exact) mass is 515 g/mol. The minimum Gasteiger partial charge on any atom is -0.459 e. The lowest BCUT2D eigenvalue weighted by Crippen LogP contribution is -2.50. The van der Waals surface area contributed by atoms with Gasteiger partial charge in [0.1, 0.15) is 24.0 Å². The molecule has 10 heteroatoms. The van der Waals surface area contributed by atoms with Gasteiger partial charge < -0.3 is 19.9 Å². The fourth-order valence-electron chi connectivity index (χ4n) is 5.95. The molecule has 2 aromatic carbocycles. The smallest absolute Gasteiger partial charge is 0.338 e. The van der Waals surface area contributed by atoms with Crippen LogP contribution in [0.25, 0.3) is 11.2 Å². The molecule has 2 aromatic heterocycles. The van der Waals surface area contributed by atoms with Crippen LogP contribution in [0, 0.1) is 5.41 Å². The Morgan fingerprint density at radius 2 is 1.89 bits per heavy atom. The number of nitrogens with two attached hydrogens (primary N) is 1. The molecule has 6 rings (SSSR count). The molecule has 4 atom stereocenters. The fourth-order valence-corrected chi connectivity index (χ4v) is 5.95. The standard InChI is InChI=1S/C28H29N5O5/c1-3-27(16-36-23(35)19-12-8-5-9-13-19)28(37-14-18-10-6-4-7-11-18)15-26(28,2)24(38-27)33-17-30-20-21(33)31-25(29)32-22(20)34/h4-13,17,24H,3,14-16H2,1-2H3,(H3,29,31,32,34)/t24-,26+,27-,28+/m1/s1. The number of H-pyrrole nitrogens is 1. The van der Waals surface area contributed by atoms with Crippen molar-refractivity contribution in [1.29, 1.82) is 0 Å². The summed E-state index contributed by atoms with van der Waals surface area (Å²) in [5.74, 6) is -0.437. The number of fused-ring (bicyclic) bond motifs is 2. The van der Waals surface area contributed by atoms with E-state index < -0.39 is 34.4 Å². The highest BCUT2D eigenvalue weighted by Gasteiger charge is 2.84. The molecule has 0 unspecified atom stereocenters. The highest BCUT2D eigenvalue weighted by Crippen LogP contribution is 2.76. The molecule has 1 saturated carbocycles. The topological polar surface area (TPSA) is 134 Å². The predicted octanol–water partition coefficient (Wildman–Crippen LogP) is 3.60. The van der Waals surface area contributed by atoms with Gasteiger partial charge in [0, 0.05) is 5.41 Å². The maximum Gasteiger partial charge on any atom is 0.338 e. The molecule has 0 spiro atoms. The van der Waals surface area contributed by atoms with Crippen LogP contribution in [0.4, 0.5) is 5.95 Å². The maximum absolute atomic E-state index is 12.9. The highest BCUT2D eigenvalue weighted by molar-refractivity contribution is 5.89. The minimum atomic E-state index is -0.949. The van der Waals surface area contributed by atoms with E-state index in [-0.39, 0.29) is 18.1 Å². The average Bonchev–Trinajstić information content (AvgIpc) is 3.24. The van der Waals surface area contributed by atoms with Crippen LogP contribution in [0.2, 0.25) is 0 Å². The van der Waals surface area contributed by atoms with Gasteiger partial charge in [-0.1, -0.05) is 62.4 Å². The van der Waals surface area contributed by atoms with Crippen LogP contribution in [0.15, 0.2) is 71.8 Å². The normalized spacial score (nSPS) is 27.8. The van der Waals surface area contributed by atoms with E-state index in [9.17, 15) is 9.59 Å². The second kappa shape index (κ2) is 8.78. The van der Waals surface area contributed by atoms with E-state index in [0.717, 1.165) is 5.56 Å². The second-order valence-corrected chi connectivity index (χ2v) is 10.2. The zero-order valence-corrected chi connectivity index (χ0v) is 21.2. The third-order valence-corrected chi connectivity index (χ3v) is 8.08. The van der Waals surface area contributed by atoms with Gasteiger partial charge in [0.05, 0.1) is 18.5 Å². The van der Waals surface area contributed by atoms with E-state index in [2.05, 4.69) is 21.9 Å². The summed E-state index contributed by atoms with van der Waals surface area (Å²) in [5, 5.41) is 0. The zero-order chi connectivity index (χ0) is 26.5. The Labute approximate surface area is 218 Å². The average molecular weight is 516 g/mol. The molecule has 1 aliphatic carbocycles. The third kappa shape index (κ3) is 3.55. The Hall–Kier alpha value is -4.02. The van der Waals surface area contributed by atoms with Crippen LogP contribution >= 0.6 is 0 Å². The van der Waals surface area contributed by atoms with Crippen LogP contribution in [0.3, 0.4) is 0 Å². The van der Waals surface area contributed by atoms with Crippen LogP contribution in [0.5, 0.6) is 0 Å². The summed E-state index contributed by atoms with van der Waals surface area (Å²) < 4.78 is 21.1. The van der Waals surface area contributed by atoms with Gasteiger partial charge in [-0.25, -0.2) is 9.78 Å². The lowest BCUT2D eigenvalue weighted by atomic mass is 9.88. The van der Waals surface area contributed by atoms with Gasteiger partial charge in [-0.15, -0.1) is 0 Å². The van der Waals surface area contributed by atoms with E-state index in [0.29, 0.717) is 30.7 Å². The van der Waals surface area contributed by atoms with Crippen LogP contribution in [-0.2, 0) is 20.8 Å². The summed E-state index contributed by atoms with van der Waals surface area (Å²) in [5.41, 5.74) is 5.21. The molecule has 0 bridgehead atoms. The molecule has 2 fully saturated rings. The number of nitrogens with zero attached hydrogens (tertiary/aromatic N) is 3. The number of ether oxygens (including phenoxy) is 3. The molecule has 38 heavy (non-hydrogen) atoms. The van der Waals surface area contributed by atoms with Gasteiger partial charge in [-0.05, 0) is 30.5 Å². The molecular formula is C28H29N5O5. The Kier molecular flexibility index (Phi) is 5.62. The lowest BCUT2D eigenvalue weighted by Gasteiger charge is -2.37. The minimum absolute atomic E-state index is 0.000881. The van der Waals surface area contributed by atoms with Crippen molar-refractivity contribution in [2.24, 2.45) is 5.41 Å². The molecule has 4 aromatic rings. The number of rotatable bonds is 8. The van der Waals surface area contributed by atoms with E-state index in [4.69, 9.17) is 19.9 Å². The Morgan fingerprint density at radius 3 is 2.61 bits per heavy atom. The van der Waals surface area contributed by atoms with Crippen molar-refractivity contribution in [3.63, 3.8) is 0 Å². The number of nitrogens with one attached hydrogen (secondary N) is 1. The van der Waals surface area contributed by atoms with E-state index in [1.165, 1.54) is 0 Å². The molecule has 3 heterocycles. The number of carbonyl (C=O) groups is 1. The van der Waals surface area contributed by atoms with Gasteiger partial charge in [0.15, 0.2) is 11.2 Å². The molecular weight excluding hydrogens is 486 g/mol. The number of aromatic amines is 1. The SMILES string of the molecule is CC[C@]1(COC(=O)c2ccccc2)O[C@@H](n2cnc3c(=O)[nH]c(N)nc32)[C@]2(C)C[C@@]12OCc1ccccc1. The largest absolute Gasteiger partial charge is 0.459 e. The third-order valence-electron chi connectivity index (χ3n) is 8.08. The molecule has 0 radical (unpaired) electrons. The van der Waals surface area contributed by atoms with Gasteiger partial charge in [0.25, 0.3) is 5.56 Å². The van der Waals surface area contributed by atoms with E-state index in [1.54, 1.807) is 35.2 Å². The zero-order valence-electron chi connectivity index (χ0n) is 21.2. The van der Waals surface area contributed by atoms with Gasteiger partial charge in [0.2, 0.25) is 5.95 Å². The van der Waals surface area contributed by atoms with Crippen molar-refractivity contribution >= 4 is 23.1 Å². The van der Waals surface area contributed by atoms with Crippen molar-refractivity contribution in [3.05, 3.63) is 88.5 Å². The summed E-state index contributed by atoms with van der Waals surface area (Å²) in [4.78, 5) is 36.5. The molecule has 3 N–H and O–H groups in total. The number of benzene rings is 2. The highest BCUT2D eigenvalue weighted by atomic mass is 16.6. The molecule has 196 valence electrons. The summed E-state index contributed by atoms with van der Waals surface area (Å²) in [6.07, 6.45) is 2.16. The van der Waals surface area contributed by atoms with Crippen molar-refractivity contribution in [2.45, 2.75) is 50.7 Å². The number of hydrogen-bond acceptors (Lipinski definition) is 8. The van der Waals surface area contributed by atoms with E-state index in [1.807, 2.05) is 43.3 Å². The number of carbonyl (C=O) groups excluding carboxylic acids is 1. The first-order valence-corrected chi connectivity index (χ1v) is 12.6. The Morgan fingerprint density at radius 1 is 1.18 bits per heavy atom. The maximum atomic E-state index is 12.9. The Balaban J connectivity index is 1.38. The summed E-state index contributed by atoms with van der Waals surface area (Å²) in [7, 11) is 0. The first kappa shape index (κ1) is 24.3. The first-order chi connectivity index (χ1) is 18.3. The molecule has 2 aliphatic rings.